The Morgan fingerprint density at radius 2 is 1.59 bits per heavy atom. The van der Waals surface area contributed by atoms with Crippen LogP contribution in [0.3, 0.4) is 0 Å². The van der Waals surface area contributed by atoms with Crippen molar-refractivity contribution in [3.63, 3.8) is 0 Å². The van der Waals surface area contributed by atoms with Gasteiger partial charge in [-0.05, 0) is 41.4 Å². The number of aryl methyl sites for hydroxylation is 2. The number of hydrogen-bond donors (Lipinski definition) is 0. The molecule has 0 spiro atoms. The summed E-state index contributed by atoms with van der Waals surface area (Å²) in [6.45, 7) is 11.1. The quantitative estimate of drug-likeness (QED) is 0.617. The Morgan fingerprint density at radius 3 is 2.06 bits per heavy atom. The molecule has 0 aliphatic heterocycles. The summed E-state index contributed by atoms with van der Waals surface area (Å²) in [6, 6.07) is 6.75. The van der Waals surface area contributed by atoms with Crippen molar-refractivity contribution >= 4 is 11.6 Å². The van der Waals surface area contributed by atoms with Gasteiger partial charge < -0.3 is 0 Å². The molecule has 1 heteroatoms. The lowest BCUT2D eigenvalue weighted by Gasteiger charge is -2.23. The predicted molar refractivity (Wildman–Crippen MR) is 77.8 cm³/mol. The van der Waals surface area contributed by atoms with E-state index in [-0.39, 0.29) is 5.38 Å². The molecular weight excluding hydrogens is 228 g/mol. The highest BCUT2D eigenvalue weighted by Gasteiger charge is 2.20. The molecule has 96 valence electrons. The molecule has 1 aromatic carbocycles. The molecule has 0 radical (unpaired) electrons. The molecule has 0 saturated heterocycles. The topological polar surface area (TPSA) is 0 Å². The molecule has 0 saturated carbocycles. The highest BCUT2D eigenvalue weighted by Crippen LogP contribution is 2.34. The van der Waals surface area contributed by atoms with Gasteiger partial charge in [0.05, 0.1) is 5.38 Å². The lowest BCUT2D eigenvalue weighted by Crippen LogP contribution is -2.11. The van der Waals surface area contributed by atoms with Crippen LogP contribution in [0.25, 0.3) is 0 Å². The van der Waals surface area contributed by atoms with Gasteiger partial charge in [0, 0.05) is 0 Å². The first kappa shape index (κ1) is 14.6. The summed E-state index contributed by atoms with van der Waals surface area (Å²) in [6.07, 6.45) is 2.20. The molecule has 1 aromatic rings. The van der Waals surface area contributed by atoms with Crippen LogP contribution in [0.5, 0.6) is 0 Å². The van der Waals surface area contributed by atoms with Gasteiger partial charge >= 0.3 is 0 Å². The van der Waals surface area contributed by atoms with Gasteiger partial charge in [-0.2, -0.15) is 0 Å². The predicted octanol–water partition coefficient (Wildman–Crippen LogP) is 5.38. The molecule has 0 aliphatic rings. The third kappa shape index (κ3) is 3.48. The molecule has 1 rings (SSSR count). The van der Waals surface area contributed by atoms with E-state index in [4.69, 9.17) is 11.6 Å². The van der Waals surface area contributed by atoms with E-state index in [0.29, 0.717) is 11.8 Å². The molecule has 0 aromatic heterocycles. The SMILES string of the molecule is CCc1ccc(C(Cl)C(C)C(C)C)cc1CC. The number of benzene rings is 1. The number of rotatable bonds is 5. The van der Waals surface area contributed by atoms with E-state index in [2.05, 4.69) is 52.8 Å². The summed E-state index contributed by atoms with van der Waals surface area (Å²) in [5.74, 6) is 1.13. The van der Waals surface area contributed by atoms with Crippen LogP contribution in [-0.2, 0) is 12.8 Å². The Balaban J connectivity index is 2.99. The van der Waals surface area contributed by atoms with Crippen LogP contribution in [0.2, 0.25) is 0 Å². The second kappa shape index (κ2) is 6.44. The molecule has 0 bridgehead atoms. The average molecular weight is 253 g/mol. The maximum absolute atomic E-state index is 6.58. The van der Waals surface area contributed by atoms with Crippen LogP contribution in [0, 0.1) is 11.8 Å². The van der Waals surface area contributed by atoms with Gasteiger partial charge in [0.2, 0.25) is 0 Å². The maximum atomic E-state index is 6.58. The fourth-order valence-electron chi connectivity index (χ4n) is 2.13. The first-order valence-electron chi connectivity index (χ1n) is 6.76. The zero-order chi connectivity index (χ0) is 13.0. The molecule has 0 nitrogen and oxygen atoms in total. The zero-order valence-electron chi connectivity index (χ0n) is 11.8. The van der Waals surface area contributed by atoms with E-state index in [1.54, 1.807) is 0 Å². The second-order valence-electron chi connectivity index (χ2n) is 5.24. The minimum Gasteiger partial charge on any atom is -0.118 e. The lowest BCUT2D eigenvalue weighted by atomic mass is 9.88. The van der Waals surface area contributed by atoms with Crippen LogP contribution >= 0.6 is 11.6 Å². The molecule has 2 unspecified atom stereocenters. The Kier molecular flexibility index (Phi) is 5.52. The minimum atomic E-state index is 0.131. The fourth-order valence-corrected chi connectivity index (χ4v) is 2.56. The van der Waals surface area contributed by atoms with Crippen molar-refractivity contribution in [3.8, 4) is 0 Å². The minimum absolute atomic E-state index is 0.131. The molecule has 0 N–H and O–H groups in total. The van der Waals surface area contributed by atoms with Crippen molar-refractivity contribution in [2.24, 2.45) is 11.8 Å². The highest BCUT2D eigenvalue weighted by molar-refractivity contribution is 6.21. The van der Waals surface area contributed by atoms with Crippen LogP contribution in [-0.4, -0.2) is 0 Å². The molecule has 0 amide bonds. The molecule has 0 fully saturated rings. The third-order valence-electron chi connectivity index (χ3n) is 3.82. The van der Waals surface area contributed by atoms with E-state index in [1.807, 2.05) is 0 Å². The normalized spacial score (nSPS) is 15.0. The van der Waals surface area contributed by atoms with Crippen molar-refractivity contribution in [1.82, 2.24) is 0 Å². The van der Waals surface area contributed by atoms with Gasteiger partial charge in [-0.15, -0.1) is 11.6 Å². The van der Waals surface area contributed by atoms with Crippen LogP contribution in [0.4, 0.5) is 0 Å². The van der Waals surface area contributed by atoms with Crippen molar-refractivity contribution < 1.29 is 0 Å². The van der Waals surface area contributed by atoms with Crippen molar-refractivity contribution in [1.29, 1.82) is 0 Å². The van der Waals surface area contributed by atoms with Crippen LogP contribution in [0.1, 0.15) is 56.7 Å². The Bertz CT molecular complexity index is 355. The summed E-state index contributed by atoms with van der Waals surface area (Å²) < 4.78 is 0. The largest absolute Gasteiger partial charge is 0.118 e. The Labute approximate surface area is 111 Å². The third-order valence-corrected chi connectivity index (χ3v) is 4.47. The smallest absolute Gasteiger partial charge is 0.0613 e. The Morgan fingerprint density at radius 1 is 1.00 bits per heavy atom. The van der Waals surface area contributed by atoms with Gasteiger partial charge in [0.15, 0.2) is 0 Å². The fraction of sp³-hybridized carbons (Fsp3) is 0.625. The summed E-state index contributed by atoms with van der Waals surface area (Å²) in [4.78, 5) is 0. The monoisotopic (exact) mass is 252 g/mol. The van der Waals surface area contributed by atoms with E-state index >= 15 is 0 Å². The number of halogens is 1. The average Bonchev–Trinajstić information content (AvgIpc) is 2.35. The summed E-state index contributed by atoms with van der Waals surface area (Å²) >= 11 is 6.58. The zero-order valence-corrected chi connectivity index (χ0v) is 12.5. The molecule has 0 heterocycles. The molecule has 0 aliphatic carbocycles. The van der Waals surface area contributed by atoms with Gasteiger partial charge in [-0.25, -0.2) is 0 Å². The van der Waals surface area contributed by atoms with Crippen molar-refractivity contribution in [2.45, 2.75) is 52.8 Å². The molecular formula is C16H25Cl. The Hall–Kier alpha value is -0.490. The summed E-state index contributed by atoms with van der Waals surface area (Å²) in [7, 11) is 0. The van der Waals surface area contributed by atoms with Crippen molar-refractivity contribution in [2.75, 3.05) is 0 Å². The van der Waals surface area contributed by atoms with Crippen LogP contribution < -0.4 is 0 Å². The number of hydrogen-bond acceptors (Lipinski definition) is 0. The second-order valence-corrected chi connectivity index (χ2v) is 5.71. The van der Waals surface area contributed by atoms with E-state index in [1.165, 1.54) is 16.7 Å². The first-order chi connectivity index (χ1) is 8.01. The summed E-state index contributed by atoms with van der Waals surface area (Å²) in [5.41, 5.74) is 4.19. The lowest BCUT2D eigenvalue weighted by molar-refractivity contribution is 0.406. The number of alkyl halides is 1. The molecule has 2 atom stereocenters. The molecule has 17 heavy (non-hydrogen) atoms. The van der Waals surface area contributed by atoms with Gasteiger partial charge in [0.25, 0.3) is 0 Å². The van der Waals surface area contributed by atoms with Crippen molar-refractivity contribution in [3.05, 3.63) is 34.9 Å². The standard InChI is InChI=1S/C16H25Cl/c1-6-13-8-9-15(10-14(13)7-2)16(17)12(5)11(3)4/h8-12,16H,6-7H2,1-5H3. The van der Waals surface area contributed by atoms with E-state index in [0.717, 1.165) is 12.8 Å². The highest BCUT2D eigenvalue weighted by atomic mass is 35.5. The first-order valence-corrected chi connectivity index (χ1v) is 7.20. The maximum Gasteiger partial charge on any atom is 0.0613 e. The van der Waals surface area contributed by atoms with E-state index < -0.39 is 0 Å². The van der Waals surface area contributed by atoms with Crippen LogP contribution in [0.15, 0.2) is 18.2 Å². The van der Waals surface area contributed by atoms with Gasteiger partial charge in [0.1, 0.15) is 0 Å². The summed E-state index contributed by atoms with van der Waals surface area (Å²) in [5, 5.41) is 0.131. The van der Waals surface area contributed by atoms with Gasteiger partial charge in [-0.3, -0.25) is 0 Å². The van der Waals surface area contributed by atoms with E-state index in [9.17, 15) is 0 Å². The van der Waals surface area contributed by atoms with Gasteiger partial charge in [-0.1, -0.05) is 52.8 Å².